The van der Waals surface area contributed by atoms with E-state index in [1.807, 2.05) is 0 Å². The lowest BCUT2D eigenvalue weighted by molar-refractivity contribution is -0.888. The van der Waals surface area contributed by atoms with Crippen molar-refractivity contribution in [3.63, 3.8) is 0 Å². The van der Waals surface area contributed by atoms with Gasteiger partial charge in [0.05, 0.1) is 27.2 Å². The lowest BCUT2D eigenvalue weighted by Gasteiger charge is -2.28. The van der Waals surface area contributed by atoms with Crippen LogP contribution in [0.25, 0.3) is 0 Å². The molecule has 3 nitrogen and oxygen atoms in total. The maximum absolute atomic E-state index is 8.25. The fraction of sp³-hybridized carbons (Fsp3) is 0.941. The van der Waals surface area contributed by atoms with Gasteiger partial charge < -0.3 is 14.4 Å². The molecule has 0 aliphatic heterocycles. The maximum atomic E-state index is 8.25. The highest BCUT2D eigenvalue weighted by Crippen LogP contribution is 2.11. The molecule has 0 aliphatic carbocycles. The summed E-state index contributed by atoms with van der Waals surface area (Å²) in [6.07, 6.45) is 14.4. The topological polar surface area (TPSA) is 40.1 Å². The Labute approximate surface area is 127 Å². The van der Waals surface area contributed by atoms with Crippen LogP contribution in [-0.2, 0) is 4.79 Å². The summed E-state index contributed by atoms with van der Waals surface area (Å²) < 4.78 is 1.19. The predicted molar refractivity (Wildman–Crippen MR) is 85.4 cm³/mol. The van der Waals surface area contributed by atoms with Crippen molar-refractivity contribution in [1.29, 1.82) is 0 Å². The third kappa shape index (κ3) is 19.8. The normalized spacial score (nSPS) is 10.8. The van der Waals surface area contributed by atoms with E-state index in [4.69, 9.17) is 9.90 Å². The van der Waals surface area contributed by atoms with Gasteiger partial charge in [0.25, 0.3) is 0 Å². The van der Waals surface area contributed by atoms with Crippen molar-refractivity contribution in [2.75, 3.05) is 27.2 Å². The zero-order chi connectivity index (χ0) is 15.7. The van der Waals surface area contributed by atoms with Gasteiger partial charge in [0.15, 0.2) is 0 Å². The van der Waals surface area contributed by atoms with E-state index < -0.39 is 6.47 Å². The van der Waals surface area contributed by atoms with E-state index in [9.17, 15) is 0 Å². The third-order valence-corrected chi connectivity index (χ3v) is 3.97. The summed E-state index contributed by atoms with van der Waals surface area (Å²) in [5, 5.41) is 8.25. The molecular formula is C17H37NO2. The average Bonchev–Trinajstić information content (AvgIpc) is 2.42. The highest BCUT2D eigenvalue weighted by molar-refractivity contribution is 5.29. The number of rotatable bonds is 12. The summed E-state index contributed by atoms with van der Waals surface area (Å²) in [6.45, 7) is 6.69. The van der Waals surface area contributed by atoms with E-state index in [1.165, 1.54) is 81.8 Å². The summed E-state index contributed by atoms with van der Waals surface area (Å²) in [4.78, 5) is 8.25. The molecule has 0 fully saturated rings. The van der Waals surface area contributed by atoms with Gasteiger partial charge in [-0.3, -0.25) is 0 Å². The van der Waals surface area contributed by atoms with Crippen molar-refractivity contribution >= 4 is 6.47 Å². The number of quaternary nitrogens is 1. The first-order valence-electron chi connectivity index (χ1n) is 8.41. The summed E-state index contributed by atoms with van der Waals surface area (Å²) in [5.41, 5.74) is 0. The summed E-state index contributed by atoms with van der Waals surface area (Å²) in [7, 11) is 4.68. The Kier molecular flexibility index (Phi) is 17.9. The number of hydrogen-bond acceptors (Lipinski definition) is 2. The van der Waals surface area contributed by atoms with Crippen LogP contribution in [0.1, 0.15) is 78.1 Å². The molecular weight excluding hydrogens is 250 g/mol. The minimum absolute atomic E-state index is 0.500. The van der Waals surface area contributed by atoms with Gasteiger partial charge >= 0.3 is 0 Å². The Hall–Kier alpha value is -0.570. The molecule has 0 heterocycles. The van der Waals surface area contributed by atoms with Crippen LogP contribution in [0.4, 0.5) is 0 Å². The van der Waals surface area contributed by atoms with Crippen molar-refractivity contribution in [1.82, 2.24) is 0 Å². The smallest absolute Gasteiger partial charge is 0.0782 e. The first-order chi connectivity index (χ1) is 9.54. The molecule has 0 N–H and O–H groups in total. The van der Waals surface area contributed by atoms with Crippen LogP contribution in [0.3, 0.4) is 0 Å². The van der Waals surface area contributed by atoms with Gasteiger partial charge in [-0.15, -0.1) is 0 Å². The second-order valence-corrected chi connectivity index (χ2v) is 6.25. The second kappa shape index (κ2) is 16.5. The number of nitrogens with zero attached hydrogens (tertiary/aromatic N) is 1. The van der Waals surface area contributed by atoms with E-state index in [0.29, 0.717) is 0 Å². The molecule has 0 saturated carbocycles. The molecule has 0 aliphatic rings. The van der Waals surface area contributed by atoms with Gasteiger partial charge in [-0.1, -0.05) is 58.3 Å². The fourth-order valence-corrected chi connectivity index (χ4v) is 2.19. The molecule has 0 aromatic carbocycles. The van der Waals surface area contributed by atoms with E-state index in [-0.39, 0.29) is 0 Å². The van der Waals surface area contributed by atoms with Crippen LogP contribution < -0.4 is 5.11 Å². The average molecular weight is 287 g/mol. The van der Waals surface area contributed by atoms with Gasteiger partial charge in [-0.25, -0.2) is 0 Å². The first kappa shape index (κ1) is 21.7. The Morgan fingerprint density at radius 3 is 1.50 bits per heavy atom. The summed E-state index contributed by atoms with van der Waals surface area (Å²) in [6, 6.07) is 0. The van der Waals surface area contributed by atoms with Gasteiger partial charge in [0.1, 0.15) is 0 Å². The molecule has 0 amide bonds. The molecule has 122 valence electrons. The SMILES string of the molecule is CCCCCCCCCCCC[N+](C)(C)CC.O=C[O-]. The molecule has 0 radical (unpaired) electrons. The Bertz CT molecular complexity index is 193. The van der Waals surface area contributed by atoms with Crippen LogP contribution in [0.15, 0.2) is 0 Å². The Balaban J connectivity index is 0. The molecule has 0 rings (SSSR count). The molecule has 0 atom stereocenters. The lowest BCUT2D eigenvalue weighted by atomic mass is 10.1. The van der Waals surface area contributed by atoms with Crippen LogP contribution in [0, 0.1) is 0 Å². The van der Waals surface area contributed by atoms with Crippen LogP contribution in [0.5, 0.6) is 0 Å². The molecule has 0 saturated heterocycles. The minimum atomic E-state index is -0.500. The summed E-state index contributed by atoms with van der Waals surface area (Å²) >= 11 is 0. The summed E-state index contributed by atoms with van der Waals surface area (Å²) in [5.74, 6) is 0. The molecule has 0 aromatic rings. The fourth-order valence-electron chi connectivity index (χ4n) is 2.19. The molecule has 0 spiro atoms. The van der Waals surface area contributed by atoms with Gasteiger partial charge in [0, 0.05) is 6.47 Å². The van der Waals surface area contributed by atoms with Crippen LogP contribution in [0.2, 0.25) is 0 Å². The largest absolute Gasteiger partial charge is 0.554 e. The highest BCUT2D eigenvalue weighted by atomic mass is 16.3. The minimum Gasteiger partial charge on any atom is -0.554 e. The zero-order valence-corrected chi connectivity index (χ0v) is 14.3. The number of hydrogen-bond donors (Lipinski definition) is 0. The van der Waals surface area contributed by atoms with E-state index in [1.54, 1.807) is 0 Å². The highest BCUT2D eigenvalue weighted by Gasteiger charge is 2.09. The second-order valence-electron chi connectivity index (χ2n) is 6.25. The van der Waals surface area contributed by atoms with E-state index in [0.717, 1.165) is 0 Å². The van der Waals surface area contributed by atoms with Gasteiger partial charge in [0.2, 0.25) is 0 Å². The van der Waals surface area contributed by atoms with Crippen molar-refractivity contribution < 1.29 is 14.4 Å². The third-order valence-electron chi connectivity index (χ3n) is 3.97. The molecule has 20 heavy (non-hydrogen) atoms. The zero-order valence-electron chi connectivity index (χ0n) is 14.3. The molecule has 0 aromatic heterocycles. The number of carboxylic acid groups (broad SMARTS) is 1. The molecule has 3 heteroatoms. The number of carbonyl (C=O) groups excluding carboxylic acids is 1. The Morgan fingerprint density at radius 1 is 0.800 bits per heavy atom. The van der Waals surface area contributed by atoms with E-state index >= 15 is 0 Å². The van der Waals surface area contributed by atoms with Gasteiger partial charge in [-0.05, 0) is 19.8 Å². The Morgan fingerprint density at radius 2 is 1.15 bits per heavy atom. The quantitative estimate of drug-likeness (QED) is 0.314. The first-order valence-corrected chi connectivity index (χ1v) is 8.41. The molecule has 0 bridgehead atoms. The van der Waals surface area contributed by atoms with Crippen molar-refractivity contribution in [2.45, 2.75) is 78.1 Å². The van der Waals surface area contributed by atoms with Crippen molar-refractivity contribution in [3.05, 3.63) is 0 Å². The standard InChI is InChI=1S/C16H36N.CH2O2/c1-5-7-8-9-10-11-12-13-14-15-16-17(3,4)6-2;2-1-3/h5-16H2,1-4H3;1H,(H,2,3)/q+1;/p-1. The van der Waals surface area contributed by atoms with E-state index in [2.05, 4.69) is 27.9 Å². The molecule has 0 unspecified atom stereocenters. The number of unbranched alkanes of at least 4 members (excludes halogenated alkanes) is 9. The lowest BCUT2D eigenvalue weighted by Crippen LogP contribution is -2.39. The van der Waals surface area contributed by atoms with Crippen molar-refractivity contribution in [3.8, 4) is 0 Å². The number of carbonyl (C=O) groups is 1. The van der Waals surface area contributed by atoms with Crippen LogP contribution in [-0.4, -0.2) is 38.1 Å². The maximum Gasteiger partial charge on any atom is 0.0782 e. The van der Waals surface area contributed by atoms with Gasteiger partial charge in [-0.2, -0.15) is 0 Å². The van der Waals surface area contributed by atoms with Crippen molar-refractivity contribution in [2.24, 2.45) is 0 Å². The monoisotopic (exact) mass is 287 g/mol. The predicted octanol–water partition coefficient (Wildman–Crippen LogP) is 3.37. The van der Waals surface area contributed by atoms with Crippen LogP contribution >= 0.6 is 0 Å².